The van der Waals surface area contributed by atoms with Gasteiger partial charge in [0.25, 0.3) is 0 Å². The Morgan fingerprint density at radius 3 is 2.70 bits per heavy atom. The highest BCUT2D eigenvalue weighted by Gasteiger charge is 2.33. The molecule has 0 spiro atoms. The van der Waals surface area contributed by atoms with Gasteiger partial charge in [-0.1, -0.05) is 24.4 Å². The summed E-state index contributed by atoms with van der Waals surface area (Å²) < 4.78 is 24.7. The number of hydrogen-bond donors (Lipinski definition) is 1. The molecule has 5 nitrogen and oxygen atoms in total. The lowest BCUT2D eigenvalue weighted by Crippen LogP contribution is -2.42. The monoisotopic (exact) mass is 316 g/mol. The van der Waals surface area contributed by atoms with Gasteiger partial charge in [-0.25, -0.2) is 13.4 Å². The molecule has 1 N–H and O–H groups in total. The lowest BCUT2D eigenvalue weighted by Gasteiger charge is -2.17. The normalized spacial score (nSPS) is 17.9. The zero-order valence-electron chi connectivity index (χ0n) is 11.2. The highest BCUT2D eigenvalue weighted by molar-refractivity contribution is 7.92. The molecule has 1 saturated carbocycles. The van der Waals surface area contributed by atoms with Crippen molar-refractivity contribution in [3.63, 3.8) is 0 Å². The van der Waals surface area contributed by atoms with Crippen molar-refractivity contribution in [2.45, 2.75) is 48.9 Å². The average Bonchev–Trinajstić information content (AvgIpc) is 2.90. The summed E-state index contributed by atoms with van der Waals surface area (Å²) in [6.07, 6.45) is 5.29. The number of carbonyl (C=O) groups excluding carboxylic acids is 1. The van der Waals surface area contributed by atoms with Crippen LogP contribution in [0.2, 0.25) is 5.02 Å². The molecule has 1 heterocycles. The fourth-order valence-corrected chi connectivity index (χ4v) is 3.95. The Labute approximate surface area is 123 Å². The summed E-state index contributed by atoms with van der Waals surface area (Å²) in [5, 5.41) is 1.38. The number of nitrogens with one attached hydrogen (secondary N) is 1. The first-order chi connectivity index (χ1) is 9.43. The maximum Gasteiger partial charge on any atom is 0.238 e. The van der Waals surface area contributed by atoms with Crippen LogP contribution in [0.4, 0.5) is 0 Å². The Morgan fingerprint density at radius 2 is 2.10 bits per heavy atom. The standard InChI is InChI=1S/C13H17ClN2O3S/c1-9(12(17)16-10-5-2-3-6-10)20(18,19)13-11(14)7-4-8-15-13/h4,7-10H,2-3,5-6H2,1H3,(H,16,17). The highest BCUT2D eigenvalue weighted by Crippen LogP contribution is 2.23. The van der Waals surface area contributed by atoms with E-state index in [1.165, 1.54) is 19.2 Å². The van der Waals surface area contributed by atoms with Crippen LogP contribution in [0.1, 0.15) is 32.6 Å². The number of nitrogens with zero attached hydrogens (tertiary/aromatic N) is 1. The second-order valence-corrected chi connectivity index (χ2v) is 7.56. The number of hydrogen-bond acceptors (Lipinski definition) is 4. The minimum Gasteiger partial charge on any atom is -0.352 e. The van der Waals surface area contributed by atoms with Crippen LogP contribution in [-0.2, 0) is 14.6 Å². The molecule has 0 aliphatic heterocycles. The van der Waals surface area contributed by atoms with Gasteiger partial charge in [-0.2, -0.15) is 0 Å². The summed E-state index contributed by atoms with van der Waals surface area (Å²) in [4.78, 5) is 15.9. The zero-order chi connectivity index (χ0) is 14.8. The summed E-state index contributed by atoms with van der Waals surface area (Å²) in [5.41, 5.74) is 0. The molecule has 1 aromatic heterocycles. The van der Waals surface area contributed by atoms with Gasteiger partial charge in [-0.15, -0.1) is 0 Å². The van der Waals surface area contributed by atoms with Gasteiger partial charge in [-0.3, -0.25) is 4.79 Å². The molecule has 0 bridgehead atoms. The fraction of sp³-hybridized carbons (Fsp3) is 0.538. The first-order valence-electron chi connectivity index (χ1n) is 6.57. The van der Waals surface area contributed by atoms with E-state index in [2.05, 4.69) is 10.3 Å². The third kappa shape index (κ3) is 3.12. The number of pyridine rings is 1. The van der Waals surface area contributed by atoms with E-state index in [1.54, 1.807) is 6.07 Å². The van der Waals surface area contributed by atoms with E-state index in [9.17, 15) is 13.2 Å². The number of aromatic nitrogens is 1. The van der Waals surface area contributed by atoms with Crippen molar-refractivity contribution in [1.29, 1.82) is 0 Å². The second-order valence-electron chi connectivity index (χ2n) is 4.97. The third-order valence-electron chi connectivity index (χ3n) is 3.53. The fourth-order valence-electron chi connectivity index (χ4n) is 2.28. The molecule has 0 aromatic carbocycles. The summed E-state index contributed by atoms with van der Waals surface area (Å²) >= 11 is 5.85. The quantitative estimate of drug-likeness (QED) is 0.921. The van der Waals surface area contributed by atoms with Gasteiger partial charge < -0.3 is 5.32 Å². The van der Waals surface area contributed by atoms with Crippen LogP contribution >= 0.6 is 11.6 Å². The van der Waals surface area contributed by atoms with Gasteiger partial charge >= 0.3 is 0 Å². The van der Waals surface area contributed by atoms with Crippen molar-refractivity contribution in [3.8, 4) is 0 Å². The molecule has 1 aliphatic rings. The summed E-state index contributed by atoms with van der Waals surface area (Å²) in [6, 6.07) is 3.08. The number of rotatable bonds is 4. The Balaban J connectivity index is 2.16. The maximum atomic E-state index is 12.4. The van der Waals surface area contributed by atoms with Crippen molar-refractivity contribution in [1.82, 2.24) is 10.3 Å². The summed E-state index contributed by atoms with van der Waals surface area (Å²) in [7, 11) is -3.87. The van der Waals surface area contributed by atoms with E-state index in [0.29, 0.717) is 0 Å². The van der Waals surface area contributed by atoms with Gasteiger partial charge in [0.2, 0.25) is 15.7 Å². The van der Waals surface area contributed by atoms with Crippen LogP contribution in [0.3, 0.4) is 0 Å². The molecule has 1 aliphatic carbocycles. The van der Waals surface area contributed by atoms with Crippen molar-refractivity contribution < 1.29 is 13.2 Å². The molecule has 1 fully saturated rings. The van der Waals surface area contributed by atoms with Crippen LogP contribution in [0, 0.1) is 0 Å². The Kier molecular flexibility index (Phi) is 4.65. The molecule has 110 valence electrons. The molecule has 2 rings (SSSR count). The van der Waals surface area contributed by atoms with Crippen LogP contribution in [-0.4, -0.2) is 30.6 Å². The lowest BCUT2D eigenvalue weighted by atomic mass is 10.2. The molecule has 20 heavy (non-hydrogen) atoms. The van der Waals surface area contributed by atoms with Crippen LogP contribution in [0.15, 0.2) is 23.4 Å². The maximum absolute atomic E-state index is 12.4. The van der Waals surface area contributed by atoms with Gasteiger partial charge in [0, 0.05) is 12.2 Å². The second kappa shape index (κ2) is 6.10. The van der Waals surface area contributed by atoms with Crippen molar-refractivity contribution in [2.75, 3.05) is 0 Å². The number of amides is 1. The molecular weight excluding hydrogens is 300 g/mol. The first kappa shape index (κ1) is 15.3. The van der Waals surface area contributed by atoms with Gasteiger partial charge in [-0.05, 0) is 31.9 Å². The first-order valence-corrected chi connectivity index (χ1v) is 8.50. The van der Waals surface area contributed by atoms with E-state index in [-0.39, 0.29) is 16.1 Å². The van der Waals surface area contributed by atoms with Gasteiger partial charge in [0.05, 0.1) is 5.02 Å². The molecule has 1 atom stereocenters. The van der Waals surface area contributed by atoms with Crippen LogP contribution < -0.4 is 5.32 Å². The van der Waals surface area contributed by atoms with E-state index in [4.69, 9.17) is 11.6 Å². The predicted molar refractivity (Wildman–Crippen MR) is 76.3 cm³/mol. The van der Waals surface area contributed by atoms with Crippen molar-refractivity contribution in [2.24, 2.45) is 0 Å². The van der Waals surface area contributed by atoms with Crippen LogP contribution in [0.5, 0.6) is 0 Å². The van der Waals surface area contributed by atoms with Crippen molar-refractivity contribution >= 4 is 27.3 Å². The third-order valence-corrected chi connectivity index (χ3v) is 5.96. The number of carbonyl (C=O) groups is 1. The zero-order valence-corrected chi connectivity index (χ0v) is 12.7. The predicted octanol–water partition coefficient (Wildman–Crippen LogP) is 1.96. The highest BCUT2D eigenvalue weighted by atomic mass is 35.5. The smallest absolute Gasteiger partial charge is 0.238 e. The van der Waals surface area contributed by atoms with Crippen molar-refractivity contribution in [3.05, 3.63) is 23.4 Å². The largest absolute Gasteiger partial charge is 0.352 e. The SMILES string of the molecule is CC(C(=O)NC1CCCC1)S(=O)(=O)c1ncccc1Cl. The van der Waals surface area contributed by atoms with Gasteiger partial charge in [0.15, 0.2) is 5.03 Å². The molecule has 1 unspecified atom stereocenters. The van der Waals surface area contributed by atoms with Gasteiger partial charge in [0.1, 0.15) is 5.25 Å². The minimum absolute atomic E-state index is 0.0352. The molecule has 0 radical (unpaired) electrons. The summed E-state index contributed by atoms with van der Waals surface area (Å²) in [5.74, 6) is -0.487. The topological polar surface area (TPSA) is 76.1 Å². The molecule has 7 heteroatoms. The average molecular weight is 317 g/mol. The minimum atomic E-state index is -3.87. The Hall–Kier alpha value is -1.14. The van der Waals surface area contributed by atoms with E-state index in [1.807, 2.05) is 0 Å². The Morgan fingerprint density at radius 1 is 1.45 bits per heavy atom. The molecular formula is C13H17ClN2O3S. The van der Waals surface area contributed by atoms with E-state index >= 15 is 0 Å². The van der Waals surface area contributed by atoms with E-state index < -0.39 is 21.0 Å². The lowest BCUT2D eigenvalue weighted by molar-refractivity contribution is -0.121. The summed E-state index contributed by atoms with van der Waals surface area (Å²) in [6.45, 7) is 1.37. The van der Waals surface area contributed by atoms with E-state index in [0.717, 1.165) is 25.7 Å². The number of sulfone groups is 1. The molecule has 0 saturated heterocycles. The Bertz CT molecular complexity index is 597. The molecule has 1 amide bonds. The van der Waals surface area contributed by atoms with Crippen LogP contribution in [0.25, 0.3) is 0 Å². The molecule has 1 aromatic rings. The number of halogens is 1.